The molecule has 0 spiro atoms. The lowest BCUT2D eigenvalue weighted by atomic mass is 9.72. The van der Waals surface area contributed by atoms with E-state index in [4.69, 9.17) is 0 Å². The minimum Gasteiger partial charge on any atom is -0.298 e. The van der Waals surface area contributed by atoms with Gasteiger partial charge in [0.25, 0.3) is 0 Å². The van der Waals surface area contributed by atoms with E-state index in [2.05, 4.69) is 25.7 Å². The number of likely N-dealkylation sites (tertiary alicyclic amines) is 1. The fourth-order valence-corrected chi connectivity index (χ4v) is 3.11. The minimum atomic E-state index is 0.863. The maximum Gasteiger partial charge on any atom is 0.0104 e. The normalized spacial score (nSPS) is 39.9. The van der Waals surface area contributed by atoms with E-state index in [-0.39, 0.29) is 0 Å². The highest BCUT2D eigenvalue weighted by atomic mass is 15.2. The molecule has 0 radical (unpaired) electrons. The predicted octanol–water partition coefficient (Wildman–Crippen LogP) is 3.30. The Morgan fingerprint density at radius 2 is 1.86 bits per heavy atom. The molecule has 0 amide bonds. The van der Waals surface area contributed by atoms with Crippen LogP contribution in [0, 0.1) is 11.8 Å². The third-order valence-electron chi connectivity index (χ3n) is 4.42. The third-order valence-corrected chi connectivity index (χ3v) is 4.42. The highest BCUT2D eigenvalue weighted by Crippen LogP contribution is 2.39. The van der Waals surface area contributed by atoms with Crippen LogP contribution in [0.15, 0.2) is 0 Å². The van der Waals surface area contributed by atoms with Gasteiger partial charge in [-0.1, -0.05) is 20.3 Å². The first kappa shape index (κ1) is 10.5. The Morgan fingerprint density at radius 1 is 1.14 bits per heavy atom. The van der Waals surface area contributed by atoms with Crippen molar-refractivity contribution in [1.29, 1.82) is 0 Å². The van der Waals surface area contributed by atoms with Crippen molar-refractivity contribution in [3.8, 4) is 0 Å². The Bertz CT molecular complexity index is 182. The maximum atomic E-state index is 2.78. The van der Waals surface area contributed by atoms with Crippen molar-refractivity contribution in [3.05, 3.63) is 0 Å². The first-order valence-electron chi connectivity index (χ1n) is 6.44. The zero-order valence-electron chi connectivity index (χ0n) is 10.00. The molecule has 0 aromatic rings. The van der Waals surface area contributed by atoms with E-state index in [9.17, 15) is 0 Å². The number of hydrogen-bond acceptors (Lipinski definition) is 1. The van der Waals surface area contributed by atoms with Gasteiger partial charge in [0.2, 0.25) is 0 Å². The largest absolute Gasteiger partial charge is 0.298 e. The number of hydrogen-bond donors (Lipinski definition) is 0. The highest BCUT2D eigenvalue weighted by Gasteiger charge is 2.37. The van der Waals surface area contributed by atoms with Gasteiger partial charge in [0.15, 0.2) is 0 Å². The van der Waals surface area contributed by atoms with Crippen LogP contribution in [0.4, 0.5) is 0 Å². The van der Waals surface area contributed by atoms with E-state index in [0.717, 1.165) is 23.9 Å². The average Bonchev–Trinajstić information content (AvgIpc) is 2.05. The Balaban J connectivity index is 1.80. The molecule has 1 heteroatoms. The van der Waals surface area contributed by atoms with E-state index in [1.807, 2.05) is 0 Å². The summed E-state index contributed by atoms with van der Waals surface area (Å²) in [6.45, 7) is 8.54. The number of nitrogens with zero attached hydrogens (tertiary/aromatic N) is 1. The van der Waals surface area contributed by atoms with Crippen LogP contribution >= 0.6 is 0 Å². The topological polar surface area (TPSA) is 3.24 Å². The summed E-state index contributed by atoms with van der Waals surface area (Å²) in [6.07, 6.45) is 7.28. The van der Waals surface area contributed by atoms with Crippen LogP contribution in [0.1, 0.15) is 52.9 Å². The summed E-state index contributed by atoms with van der Waals surface area (Å²) in [4.78, 5) is 2.78. The molecular weight excluding hydrogens is 170 g/mol. The van der Waals surface area contributed by atoms with Gasteiger partial charge >= 0.3 is 0 Å². The number of rotatable bonds is 2. The van der Waals surface area contributed by atoms with Crippen molar-refractivity contribution in [2.75, 3.05) is 6.54 Å². The first-order valence-corrected chi connectivity index (χ1v) is 6.44. The molecule has 0 aromatic heterocycles. The fraction of sp³-hybridized carbons (Fsp3) is 1.00. The maximum absolute atomic E-state index is 2.78. The Kier molecular flexibility index (Phi) is 3.16. The summed E-state index contributed by atoms with van der Waals surface area (Å²) in [5.41, 5.74) is 0. The van der Waals surface area contributed by atoms with E-state index < -0.39 is 0 Å². The van der Waals surface area contributed by atoms with Crippen molar-refractivity contribution >= 4 is 0 Å². The molecule has 0 aromatic carbocycles. The van der Waals surface area contributed by atoms with Crippen LogP contribution < -0.4 is 0 Å². The average molecular weight is 195 g/mol. The SMILES string of the molecule is CC(C)C1CC(N2CCCC[C@@H]2C)C1. The van der Waals surface area contributed by atoms with Gasteiger partial charge < -0.3 is 0 Å². The summed E-state index contributed by atoms with van der Waals surface area (Å²) in [5, 5.41) is 0. The van der Waals surface area contributed by atoms with Gasteiger partial charge in [0, 0.05) is 12.1 Å². The molecule has 1 aliphatic carbocycles. The predicted molar refractivity (Wildman–Crippen MR) is 61.4 cm³/mol. The molecular formula is C13H25N. The second-order valence-electron chi connectivity index (χ2n) is 5.71. The molecule has 2 aliphatic rings. The van der Waals surface area contributed by atoms with Crippen LogP contribution in [-0.4, -0.2) is 23.5 Å². The summed E-state index contributed by atoms with van der Waals surface area (Å²) in [5.74, 6) is 1.93. The van der Waals surface area contributed by atoms with Gasteiger partial charge in [0.05, 0.1) is 0 Å². The summed E-state index contributed by atoms with van der Waals surface area (Å²) >= 11 is 0. The van der Waals surface area contributed by atoms with Crippen LogP contribution in [0.25, 0.3) is 0 Å². The van der Waals surface area contributed by atoms with Gasteiger partial charge in [-0.3, -0.25) is 4.90 Å². The van der Waals surface area contributed by atoms with E-state index in [1.54, 1.807) is 0 Å². The highest BCUT2D eigenvalue weighted by molar-refractivity contribution is 4.91. The molecule has 1 saturated carbocycles. The molecule has 1 saturated heterocycles. The lowest BCUT2D eigenvalue weighted by molar-refractivity contribution is 0.0125. The van der Waals surface area contributed by atoms with Gasteiger partial charge in [-0.05, 0) is 51.0 Å². The molecule has 82 valence electrons. The second-order valence-corrected chi connectivity index (χ2v) is 5.71. The van der Waals surface area contributed by atoms with E-state index >= 15 is 0 Å². The summed E-state index contributed by atoms with van der Waals surface area (Å²) in [6, 6.07) is 1.81. The fourth-order valence-electron chi connectivity index (χ4n) is 3.11. The lowest BCUT2D eigenvalue weighted by Crippen LogP contribution is -2.51. The molecule has 1 aliphatic heterocycles. The molecule has 2 rings (SSSR count). The Morgan fingerprint density at radius 3 is 2.43 bits per heavy atom. The lowest BCUT2D eigenvalue weighted by Gasteiger charge is -2.48. The molecule has 1 atom stereocenters. The molecule has 1 nitrogen and oxygen atoms in total. The number of piperidine rings is 1. The van der Waals surface area contributed by atoms with Crippen LogP contribution in [-0.2, 0) is 0 Å². The van der Waals surface area contributed by atoms with E-state index in [0.29, 0.717) is 0 Å². The van der Waals surface area contributed by atoms with Crippen molar-refractivity contribution in [2.24, 2.45) is 11.8 Å². The van der Waals surface area contributed by atoms with Gasteiger partial charge in [-0.15, -0.1) is 0 Å². The quantitative estimate of drug-likeness (QED) is 0.653. The minimum absolute atomic E-state index is 0.863. The molecule has 0 unspecified atom stereocenters. The second kappa shape index (κ2) is 4.22. The summed E-state index contributed by atoms with van der Waals surface area (Å²) in [7, 11) is 0. The third kappa shape index (κ3) is 1.98. The van der Waals surface area contributed by atoms with Crippen LogP contribution in [0.5, 0.6) is 0 Å². The molecule has 0 N–H and O–H groups in total. The van der Waals surface area contributed by atoms with Crippen LogP contribution in [0.3, 0.4) is 0 Å². The molecule has 1 heterocycles. The summed E-state index contributed by atoms with van der Waals surface area (Å²) < 4.78 is 0. The van der Waals surface area contributed by atoms with Crippen molar-refractivity contribution in [2.45, 2.75) is 65.0 Å². The molecule has 14 heavy (non-hydrogen) atoms. The van der Waals surface area contributed by atoms with Crippen molar-refractivity contribution < 1.29 is 0 Å². The zero-order valence-corrected chi connectivity index (χ0v) is 10.00. The van der Waals surface area contributed by atoms with Crippen molar-refractivity contribution in [3.63, 3.8) is 0 Å². The Hall–Kier alpha value is -0.0400. The van der Waals surface area contributed by atoms with Crippen molar-refractivity contribution in [1.82, 2.24) is 4.90 Å². The van der Waals surface area contributed by atoms with Gasteiger partial charge in [0.1, 0.15) is 0 Å². The first-order chi connectivity index (χ1) is 6.68. The van der Waals surface area contributed by atoms with Gasteiger partial charge in [-0.2, -0.15) is 0 Å². The standard InChI is InChI=1S/C13H25N/c1-10(2)12-8-13(9-12)14-7-5-4-6-11(14)3/h10-13H,4-9H2,1-3H3/t11-,12?,13?/m0/s1. The monoisotopic (exact) mass is 195 g/mol. The smallest absolute Gasteiger partial charge is 0.0104 e. The zero-order chi connectivity index (χ0) is 10.1. The Labute approximate surface area is 88.9 Å². The molecule has 2 fully saturated rings. The van der Waals surface area contributed by atoms with Gasteiger partial charge in [-0.25, -0.2) is 0 Å². The van der Waals surface area contributed by atoms with E-state index in [1.165, 1.54) is 38.6 Å². The van der Waals surface area contributed by atoms with Crippen LogP contribution in [0.2, 0.25) is 0 Å². The molecule has 0 bridgehead atoms.